The molecule has 0 aliphatic rings. The van der Waals surface area contributed by atoms with Crippen molar-refractivity contribution in [2.75, 3.05) is 25.0 Å². The van der Waals surface area contributed by atoms with Gasteiger partial charge < -0.3 is 15.3 Å². The molecule has 0 atom stereocenters. The minimum atomic E-state index is -0.992. The Bertz CT molecular complexity index is 441. The molecule has 100 valence electrons. The minimum Gasteiger partial charge on any atom is -0.477 e. The maximum absolute atomic E-state index is 11.7. The summed E-state index contributed by atoms with van der Waals surface area (Å²) in [6.45, 7) is 6.92. The fourth-order valence-corrected chi connectivity index (χ4v) is 2.31. The summed E-state index contributed by atoms with van der Waals surface area (Å²) in [5.41, 5.74) is 0.463. The number of carboxylic acids is 1. The number of carbonyl (C=O) groups is 2. The van der Waals surface area contributed by atoms with Gasteiger partial charge in [-0.2, -0.15) is 0 Å². The number of amides is 1. The second-order valence-corrected chi connectivity index (χ2v) is 4.66. The van der Waals surface area contributed by atoms with Crippen LogP contribution in [0.3, 0.4) is 0 Å². The molecule has 0 aliphatic carbocycles. The Morgan fingerprint density at radius 3 is 2.44 bits per heavy atom. The number of nitrogens with zero attached hydrogens (tertiary/aromatic N) is 2. The molecule has 2 N–H and O–H groups in total. The smallest absolute Gasteiger partial charge is 0.347 e. The molecule has 0 spiro atoms. The summed E-state index contributed by atoms with van der Waals surface area (Å²) in [4.78, 5) is 28.5. The van der Waals surface area contributed by atoms with Gasteiger partial charge in [-0.3, -0.25) is 4.79 Å². The number of thiazole rings is 1. The number of hydrogen-bond donors (Lipinski definition) is 2. The highest BCUT2D eigenvalue weighted by molar-refractivity contribution is 7.17. The molecule has 6 nitrogen and oxygen atoms in total. The fourth-order valence-electron chi connectivity index (χ4n) is 1.51. The Balaban J connectivity index is 2.61. The molecule has 0 radical (unpaired) electrons. The predicted molar refractivity (Wildman–Crippen MR) is 70.2 cm³/mol. The SMILES string of the molecule is CCN(CC)C(=O)CNc1nc(C)c(C(=O)O)s1. The summed E-state index contributed by atoms with van der Waals surface area (Å²) in [6.07, 6.45) is 0. The van der Waals surface area contributed by atoms with Crippen LogP contribution in [-0.4, -0.2) is 46.5 Å². The van der Waals surface area contributed by atoms with Crippen molar-refractivity contribution in [1.82, 2.24) is 9.88 Å². The van der Waals surface area contributed by atoms with E-state index in [9.17, 15) is 9.59 Å². The van der Waals surface area contributed by atoms with E-state index < -0.39 is 5.97 Å². The van der Waals surface area contributed by atoms with Gasteiger partial charge >= 0.3 is 5.97 Å². The van der Waals surface area contributed by atoms with Crippen molar-refractivity contribution in [2.45, 2.75) is 20.8 Å². The molecular weight excluding hydrogens is 254 g/mol. The van der Waals surface area contributed by atoms with Crippen LogP contribution in [0.1, 0.15) is 29.2 Å². The van der Waals surface area contributed by atoms with Crippen LogP contribution >= 0.6 is 11.3 Å². The van der Waals surface area contributed by atoms with Crippen LogP contribution in [0.2, 0.25) is 0 Å². The highest BCUT2D eigenvalue weighted by Crippen LogP contribution is 2.22. The Kier molecular flexibility index (Phi) is 5.08. The van der Waals surface area contributed by atoms with Crippen LogP contribution in [0.15, 0.2) is 0 Å². The predicted octanol–water partition coefficient (Wildman–Crippen LogP) is 1.43. The van der Waals surface area contributed by atoms with E-state index in [4.69, 9.17) is 5.11 Å². The molecule has 1 aromatic heterocycles. The lowest BCUT2D eigenvalue weighted by Gasteiger charge is -2.18. The van der Waals surface area contributed by atoms with Gasteiger partial charge in [-0.15, -0.1) is 0 Å². The monoisotopic (exact) mass is 271 g/mol. The van der Waals surface area contributed by atoms with Crippen molar-refractivity contribution in [3.8, 4) is 0 Å². The molecule has 0 unspecified atom stereocenters. The summed E-state index contributed by atoms with van der Waals surface area (Å²) < 4.78 is 0. The lowest BCUT2D eigenvalue weighted by Crippen LogP contribution is -2.35. The van der Waals surface area contributed by atoms with Gasteiger partial charge in [0.05, 0.1) is 12.2 Å². The van der Waals surface area contributed by atoms with Crippen molar-refractivity contribution >= 4 is 28.3 Å². The van der Waals surface area contributed by atoms with Gasteiger partial charge in [-0.05, 0) is 20.8 Å². The third-order valence-electron chi connectivity index (χ3n) is 2.50. The number of nitrogens with one attached hydrogen (secondary N) is 1. The second-order valence-electron chi connectivity index (χ2n) is 3.66. The molecule has 1 amide bonds. The Labute approximate surface area is 110 Å². The van der Waals surface area contributed by atoms with Crippen molar-refractivity contribution in [3.63, 3.8) is 0 Å². The first-order valence-corrected chi connectivity index (χ1v) is 6.53. The van der Waals surface area contributed by atoms with Crippen molar-refractivity contribution in [1.29, 1.82) is 0 Å². The molecule has 1 rings (SSSR count). The molecule has 7 heteroatoms. The summed E-state index contributed by atoms with van der Waals surface area (Å²) in [6, 6.07) is 0. The van der Waals surface area contributed by atoms with E-state index in [-0.39, 0.29) is 17.3 Å². The highest BCUT2D eigenvalue weighted by Gasteiger charge is 2.15. The highest BCUT2D eigenvalue weighted by atomic mass is 32.1. The first kappa shape index (κ1) is 14.4. The number of aryl methyl sites for hydroxylation is 1. The van der Waals surface area contributed by atoms with Gasteiger partial charge in [0, 0.05) is 13.1 Å². The zero-order valence-corrected chi connectivity index (χ0v) is 11.5. The zero-order valence-electron chi connectivity index (χ0n) is 10.7. The molecule has 0 fully saturated rings. The maximum Gasteiger partial charge on any atom is 0.347 e. The van der Waals surface area contributed by atoms with Crippen LogP contribution in [0, 0.1) is 6.92 Å². The lowest BCUT2D eigenvalue weighted by atomic mass is 10.4. The number of aromatic carboxylic acids is 1. The van der Waals surface area contributed by atoms with E-state index in [0.29, 0.717) is 23.9 Å². The van der Waals surface area contributed by atoms with Gasteiger partial charge in [0.1, 0.15) is 4.88 Å². The van der Waals surface area contributed by atoms with E-state index >= 15 is 0 Å². The maximum atomic E-state index is 11.7. The Hall–Kier alpha value is -1.63. The molecular formula is C11H17N3O3S. The number of hydrogen-bond acceptors (Lipinski definition) is 5. The van der Waals surface area contributed by atoms with Crippen LogP contribution in [0.5, 0.6) is 0 Å². The van der Waals surface area contributed by atoms with Gasteiger partial charge in [-0.1, -0.05) is 11.3 Å². The van der Waals surface area contributed by atoms with Gasteiger partial charge in [0.25, 0.3) is 0 Å². The number of likely N-dealkylation sites (N-methyl/N-ethyl adjacent to an activating group) is 1. The Morgan fingerprint density at radius 2 is 2.00 bits per heavy atom. The average Bonchev–Trinajstić information content (AvgIpc) is 2.69. The van der Waals surface area contributed by atoms with E-state index in [1.54, 1.807) is 11.8 Å². The minimum absolute atomic E-state index is 0.0234. The fraction of sp³-hybridized carbons (Fsp3) is 0.545. The largest absolute Gasteiger partial charge is 0.477 e. The summed E-state index contributed by atoms with van der Waals surface area (Å²) >= 11 is 1.04. The van der Waals surface area contributed by atoms with E-state index in [2.05, 4.69) is 10.3 Å². The number of anilines is 1. The van der Waals surface area contributed by atoms with E-state index in [0.717, 1.165) is 11.3 Å². The first-order chi connectivity index (χ1) is 8.49. The molecule has 0 saturated heterocycles. The van der Waals surface area contributed by atoms with Gasteiger partial charge in [0.2, 0.25) is 5.91 Å². The summed E-state index contributed by atoms with van der Waals surface area (Å²) in [5.74, 6) is -1.02. The third-order valence-corrected chi connectivity index (χ3v) is 3.60. The molecule has 1 heterocycles. The lowest BCUT2D eigenvalue weighted by molar-refractivity contribution is -0.128. The van der Waals surface area contributed by atoms with E-state index in [1.165, 1.54) is 0 Å². The van der Waals surface area contributed by atoms with Crippen LogP contribution in [0.4, 0.5) is 5.13 Å². The van der Waals surface area contributed by atoms with Crippen LogP contribution in [0.25, 0.3) is 0 Å². The van der Waals surface area contributed by atoms with Crippen molar-refractivity contribution in [3.05, 3.63) is 10.6 Å². The molecule has 1 aromatic rings. The molecule has 0 aromatic carbocycles. The quantitative estimate of drug-likeness (QED) is 0.818. The van der Waals surface area contributed by atoms with Gasteiger partial charge in [0.15, 0.2) is 5.13 Å². The third kappa shape index (κ3) is 3.43. The molecule has 0 aliphatic heterocycles. The number of rotatable bonds is 6. The van der Waals surface area contributed by atoms with E-state index in [1.807, 2.05) is 13.8 Å². The average molecular weight is 271 g/mol. The van der Waals surface area contributed by atoms with Crippen LogP contribution < -0.4 is 5.32 Å². The number of aromatic nitrogens is 1. The van der Waals surface area contributed by atoms with Crippen LogP contribution in [-0.2, 0) is 4.79 Å². The number of carboxylic acid groups (broad SMARTS) is 1. The first-order valence-electron chi connectivity index (χ1n) is 5.71. The molecule has 18 heavy (non-hydrogen) atoms. The number of carbonyl (C=O) groups excluding carboxylic acids is 1. The standard InChI is InChI=1S/C11H17N3O3S/c1-4-14(5-2)8(15)6-12-11-13-7(3)9(18-11)10(16)17/h4-6H2,1-3H3,(H,12,13)(H,16,17). The van der Waals surface area contributed by atoms with Crippen molar-refractivity contribution < 1.29 is 14.7 Å². The molecule has 0 bridgehead atoms. The normalized spacial score (nSPS) is 10.2. The summed E-state index contributed by atoms with van der Waals surface area (Å²) in [7, 11) is 0. The Morgan fingerprint density at radius 1 is 1.39 bits per heavy atom. The zero-order chi connectivity index (χ0) is 13.7. The second kappa shape index (κ2) is 6.34. The topological polar surface area (TPSA) is 82.5 Å². The molecule has 0 saturated carbocycles. The van der Waals surface area contributed by atoms with Crippen molar-refractivity contribution in [2.24, 2.45) is 0 Å². The van der Waals surface area contributed by atoms with Gasteiger partial charge in [-0.25, -0.2) is 9.78 Å². The summed E-state index contributed by atoms with van der Waals surface area (Å²) in [5, 5.41) is 12.2.